The minimum atomic E-state index is 0.387. The van der Waals surface area contributed by atoms with Gasteiger partial charge in [0, 0.05) is 18.5 Å². The van der Waals surface area contributed by atoms with E-state index in [-0.39, 0.29) is 0 Å². The monoisotopic (exact) mass is 236 g/mol. The molecule has 4 nitrogen and oxygen atoms in total. The Kier molecular flexibility index (Phi) is 4.15. The largest absolute Gasteiger partial charge is 0.328 e. The third kappa shape index (κ3) is 3.28. The standard InChI is InChI=1S/C13H24N4/c1-10(2)17-13(15-9-16-17)8-11-5-3-4-6-12(14)7-11/h9-12H,3-8,14H2,1-2H3. The molecule has 4 heteroatoms. The predicted molar refractivity (Wildman–Crippen MR) is 68.7 cm³/mol. The van der Waals surface area contributed by atoms with Crippen LogP contribution in [0.15, 0.2) is 6.33 Å². The summed E-state index contributed by atoms with van der Waals surface area (Å²) in [5, 5.41) is 4.30. The summed E-state index contributed by atoms with van der Waals surface area (Å²) in [6.07, 6.45) is 8.93. The maximum Gasteiger partial charge on any atom is 0.138 e. The summed E-state index contributed by atoms with van der Waals surface area (Å²) in [7, 11) is 0. The third-order valence-electron chi connectivity index (χ3n) is 3.68. The first-order valence-corrected chi connectivity index (χ1v) is 6.80. The van der Waals surface area contributed by atoms with E-state index in [1.807, 2.05) is 4.68 Å². The quantitative estimate of drug-likeness (QED) is 0.819. The second-order valence-electron chi connectivity index (χ2n) is 5.56. The van der Waals surface area contributed by atoms with Gasteiger partial charge in [-0.3, -0.25) is 0 Å². The summed E-state index contributed by atoms with van der Waals surface area (Å²) in [6, 6.07) is 0.782. The van der Waals surface area contributed by atoms with Gasteiger partial charge in [0.1, 0.15) is 12.2 Å². The summed E-state index contributed by atoms with van der Waals surface area (Å²) in [5.74, 6) is 1.81. The lowest BCUT2D eigenvalue weighted by Crippen LogP contribution is -2.23. The SMILES string of the molecule is CC(C)n1ncnc1CC1CCCCC(N)C1. The normalized spacial score (nSPS) is 26.1. The summed E-state index contributed by atoms with van der Waals surface area (Å²) in [4.78, 5) is 4.40. The van der Waals surface area contributed by atoms with Crippen LogP contribution in [-0.2, 0) is 6.42 Å². The molecule has 0 aliphatic heterocycles. The van der Waals surface area contributed by atoms with E-state index in [2.05, 4.69) is 23.9 Å². The van der Waals surface area contributed by atoms with E-state index >= 15 is 0 Å². The molecule has 1 aromatic rings. The molecule has 2 unspecified atom stereocenters. The third-order valence-corrected chi connectivity index (χ3v) is 3.68. The highest BCUT2D eigenvalue weighted by molar-refractivity contribution is 4.90. The van der Waals surface area contributed by atoms with E-state index in [1.54, 1.807) is 6.33 Å². The Labute approximate surface area is 104 Å². The van der Waals surface area contributed by atoms with Gasteiger partial charge in [-0.25, -0.2) is 9.67 Å². The minimum Gasteiger partial charge on any atom is -0.328 e. The van der Waals surface area contributed by atoms with E-state index in [1.165, 1.54) is 25.7 Å². The Morgan fingerprint density at radius 2 is 2.18 bits per heavy atom. The van der Waals surface area contributed by atoms with Crippen LogP contribution in [0.4, 0.5) is 0 Å². The van der Waals surface area contributed by atoms with Gasteiger partial charge in [0.25, 0.3) is 0 Å². The van der Waals surface area contributed by atoms with Crippen LogP contribution in [0.3, 0.4) is 0 Å². The van der Waals surface area contributed by atoms with Crippen molar-refractivity contribution in [2.45, 2.75) is 64.5 Å². The van der Waals surface area contributed by atoms with Gasteiger partial charge in [-0.1, -0.05) is 12.8 Å². The van der Waals surface area contributed by atoms with Gasteiger partial charge in [0.05, 0.1) is 0 Å². The zero-order valence-corrected chi connectivity index (χ0v) is 11.0. The zero-order valence-electron chi connectivity index (χ0n) is 11.0. The first-order valence-electron chi connectivity index (χ1n) is 6.80. The molecule has 17 heavy (non-hydrogen) atoms. The van der Waals surface area contributed by atoms with Crippen molar-refractivity contribution in [2.24, 2.45) is 11.7 Å². The van der Waals surface area contributed by atoms with Crippen molar-refractivity contribution >= 4 is 0 Å². The average Bonchev–Trinajstić information content (AvgIpc) is 2.62. The summed E-state index contributed by atoms with van der Waals surface area (Å²) >= 11 is 0. The van der Waals surface area contributed by atoms with E-state index in [0.29, 0.717) is 18.0 Å². The lowest BCUT2D eigenvalue weighted by atomic mass is 9.94. The highest BCUT2D eigenvalue weighted by Crippen LogP contribution is 2.25. The van der Waals surface area contributed by atoms with Gasteiger partial charge in [-0.2, -0.15) is 5.10 Å². The van der Waals surface area contributed by atoms with Crippen molar-refractivity contribution in [3.63, 3.8) is 0 Å². The minimum absolute atomic E-state index is 0.387. The Hall–Kier alpha value is -0.900. The van der Waals surface area contributed by atoms with Crippen molar-refractivity contribution in [3.8, 4) is 0 Å². The maximum atomic E-state index is 6.11. The second-order valence-corrected chi connectivity index (χ2v) is 5.56. The molecule has 1 aliphatic rings. The van der Waals surface area contributed by atoms with Crippen molar-refractivity contribution in [2.75, 3.05) is 0 Å². The molecule has 96 valence electrons. The first kappa shape index (κ1) is 12.6. The lowest BCUT2D eigenvalue weighted by molar-refractivity contribution is 0.401. The molecule has 0 saturated heterocycles. The van der Waals surface area contributed by atoms with E-state index in [9.17, 15) is 0 Å². The van der Waals surface area contributed by atoms with Gasteiger partial charge < -0.3 is 5.73 Å². The van der Waals surface area contributed by atoms with E-state index < -0.39 is 0 Å². The number of nitrogens with zero attached hydrogens (tertiary/aromatic N) is 3. The topological polar surface area (TPSA) is 56.7 Å². The lowest BCUT2D eigenvalue weighted by Gasteiger charge is -2.17. The molecule has 0 spiro atoms. The van der Waals surface area contributed by atoms with Gasteiger partial charge in [0.2, 0.25) is 0 Å². The Morgan fingerprint density at radius 1 is 1.41 bits per heavy atom. The van der Waals surface area contributed by atoms with E-state index in [0.717, 1.165) is 18.7 Å². The molecule has 0 radical (unpaired) electrons. The van der Waals surface area contributed by atoms with Crippen LogP contribution in [0.5, 0.6) is 0 Å². The molecule has 2 rings (SSSR count). The highest BCUT2D eigenvalue weighted by atomic mass is 15.3. The molecule has 1 saturated carbocycles. The van der Waals surface area contributed by atoms with Crippen LogP contribution in [0.1, 0.15) is 57.8 Å². The number of aromatic nitrogens is 3. The van der Waals surface area contributed by atoms with Crippen molar-refractivity contribution < 1.29 is 0 Å². The van der Waals surface area contributed by atoms with Gasteiger partial charge in [-0.15, -0.1) is 0 Å². The molecular formula is C13H24N4. The molecule has 1 fully saturated rings. The van der Waals surface area contributed by atoms with Crippen molar-refractivity contribution in [1.82, 2.24) is 14.8 Å². The number of hydrogen-bond acceptors (Lipinski definition) is 3. The fraction of sp³-hybridized carbons (Fsp3) is 0.846. The van der Waals surface area contributed by atoms with Gasteiger partial charge in [0.15, 0.2) is 0 Å². The second kappa shape index (κ2) is 5.63. The zero-order chi connectivity index (χ0) is 12.3. The number of nitrogens with two attached hydrogens (primary N) is 1. The summed E-state index contributed by atoms with van der Waals surface area (Å²) in [5.41, 5.74) is 6.11. The summed E-state index contributed by atoms with van der Waals surface area (Å²) < 4.78 is 2.04. The van der Waals surface area contributed by atoms with Crippen LogP contribution in [-0.4, -0.2) is 20.8 Å². The van der Waals surface area contributed by atoms with Gasteiger partial charge >= 0.3 is 0 Å². The van der Waals surface area contributed by atoms with E-state index in [4.69, 9.17) is 5.73 Å². The van der Waals surface area contributed by atoms with Crippen LogP contribution in [0.2, 0.25) is 0 Å². The number of hydrogen-bond donors (Lipinski definition) is 1. The van der Waals surface area contributed by atoms with Crippen molar-refractivity contribution in [1.29, 1.82) is 0 Å². The fourth-order valence-electron chi connectivity index (χ4n) is 2.80. The molecular weight excluding hydrogens is 212 g/mol. The average molecular weight is 236 g/mol. The Bertz CT molecular complexity index is 345. The number of rotatable bonds is 3. The Balaban J connectivity index is 2.01. The molecule has 2 N–H and O–H groups in total. The van der Waals surface area contributed by atoms with Gasteiger partial charge in [-0.05, 0) is 39.0 Å². The molecule has 1 aliphatic carbocycles. The van der Waals surface area contributed by atoms with Crippen molar-refractivity contribution in [3.05, 3.63) is 12.2 Å². The van der Waals surface area contributed by atoms with Crippen LogP contribution in [0.25, 0.3) is 0 Å². The highest BCUT2D eigenvalue weighted by Gasteiger charge is 2.20. The molecule has 0 amide bonds. The fourth-order valence-corrected chi connectivity index (χ4v) is 2.80. The molecule has 2 atom stereocenters. The maximum absolute atomic E-state index is 6.11. The van der Waals surface area contributed by atoms with Crippen LogP contribution >= 0.6 is 0 Å². The van der Waals surface area contributed by atoms with Crippen LogP contribution in [0, 0.1) is 5.92 Å². The Morgan fingerprint density at radius 3 is 2.94 bits per heavy atom. The van der Waals surface area contributed by atoms with Crippen LogP contribution < -0.4 is 5.73 Å². The first-order chi connectivity index (χ1) is 8.16. The molecule has 0 bridgehead atoms. The smallest absolute Gasteiger partial charge is 0.138 e. The molecule has 1 heterocycles. The predicted octanol–water partition coefficient (Wildman–Crippen LogP) is 2.31. The summed E-state index contributed by atoms with van der Waals surface area (Å²) in [6.45, 7) is 4.30. The molecule has 1 aromatic heterocycles. The molecule has 0 aromatic carbocycles.